The molecule has 0 saturated heterocycles. The molecule has 1 saturated carbocycles. The van der Waals surface area contributed by atoms with Crippen LogP contribution in [0.2, 0.25) is 0 Å². The second-order valence-corrected chi connectivity index (χ2v) is 5.63. The van der Waals surface area contributed by atoms with Crippen molar-refractivity contribution in [2.45, 2.75) is 71.5 Å². The van der Waals surface area contributed by atoms with Gasteiger partial charge >= 0.3 is 0 Å². The standard InChI is InChI=1S/C16H28N2/c1-3-11-18-12-7-9-15(18)13-17-16-10-6-5-8-14(16)4-2/h7,9,12,14,16-17H,3-6,8,10-11,13H2,1-2H3. The molecule has 0 bridgehead atoms. The Morgan fingerprint density at radius 3 is 2.89 bits per heavy atom. The molecule has 2 rings (SSSR count). The normalized spacial score (nSPS) is 24.3. The van der Waals surface area contributed by atoms with Crippen molar-refractivity contribution in [2.24, 2.45) is 5.92 Å². The molecular formula is C16H28N2. The van der Waals surface area contributed by atoms with Crippen molar-refractivity contribution >= 4 is 0 Å². The Kier molecular flexibility index (Phi) is 5.30. The van der Waals surface area contributed by atoms with Crippen LogP contribution in [0, 0.1) is 5.92 Å². The van der Waals surface area contributed by atoms with Gasteiger partial charge in [-0.2, -0.15) is 0 Å². The molecule has 102 valence electrons. The van der Waals surface area contributed by atoms with E-state index in [9.17, 15) is 0 Å². The van der Waals surface area contributed by atoms with Gasteiger partial charge in [0.1, 0.15) is 0 Å². The van der Waals surface area contributed by atoms with Gasteiger partial charge in [0.05, 0.1) is 0 Å². The second-order valence-electron chi connectivity index (χ2n) is 5.63. The molecule has 0 radical (unpaired) electrons. The van der Waals surface area contributed by atoms with E-state index in [0.29, 0.717) is 0 Å². The van der Waals surface area contributed by atoms with E-state index in [1.807, 2.05) is 0 Å². The monoisotopic (exact) mass is 248 g/mol. The van der Waals surface area contributed by atoms with Crippen LogP contribution in [0.25, 0.3) is 0 Å². The van der Waals surface area contributed by atoms with Crippen molar-refractivity contribution in [1.82, 2.24) is 9.88 Å². The number of hydrogen-bond acceptors (Lipinski definition) is 1. The van der Waals surface area contributed by atoms with Gasteiger partial charge in [-0.3, -0.25) is 0 Å². The number of rotatable bonds is 6. The van der Waals surface area contributed by atoms with Crippen LogP contribution < -0.4 is 5.32 Å². The van der Waals surface area contributed by atoms with Crippen LogP contribution in [-0.4, -0.2) is 10.6 Å². The molecule has 2 unspecified atom stereocenters. The summed E-state index contributed by atoms with van der Waals surface area (Å²) in [4.78, 5) is 0. The quantitative estimate of drug-likeness (QED) is 0.806. The summed E-state index contributed by atoms with van der Waals surface area (Å²) in [6, 6.07) is 5.17. The molecule has 1 aliphatic rings. The Labute approximate surface area is 112 Å². The minimum atomic E-state index is 0.744. The predicted molar refractivity (Wildman–Crippen MR) is 77.6 cm³/mol. The first-order valence-electron chi connectivity index (χ1n) is 7.72. The Hall–Kier alpha value is -0.760. The molecule has 1 heterocycles. The van der Waals surface area contributed by atoms with Gasteiger partial charge in [0.15, 0.2) is 0 Å². The van der Waals surface area contributed by atoms with Gasteiger partial charge in [-0.05, 0) is 37.3 Å². The van der Waals surface area contributed by atoms with Crippen LogP contribution in [0.5, 0.6) is 0 Å². The number of hydrogen-bond donors (Lipinski definition) is 1. The molecule has 1 N–H and O–H groups in total. The third-order valence-electron chi connectivity index (χ3n) is 4.37. The average Bonchev–Trinajstić information content (AvgIpc) is 2.84. The third kappa shape index (κ3) is 3.38. The van der Waals surface area contributed by atoms with Gasteiger partial charge in [0.2, 0.25) is 0 Å². The molecule has 2 nitrogen and oxygen atoms in total. The molecule has 2 heteroatoms. The summed E-state index contributed by atoms with van der Waals surface area (Å²) in [5.41, 5.74) is 1.44. The smallest absolute Gasteiger partial charge is 0.0361 e. The van der Waals surface area contributed by atoms with Crippen molar-refractivity contribution < 1.29 is 0 Å². The first kappa shape index (κ1) is 13.7. The molecule has 0 amide bonds. The zero-order chi connectivity index (χ0) is 12.8. The van der Waals surface area contributed by atoms with E-state index in [0.717, 1.165) is 25.0 Å². The lowest BCUT2D eigenvalue weighted by Crippen LogP contribution is -2.38. The van der Waals surface area contributed by atoms with Crippen molar-refractivity contribution in [3.05, 3.63) is 24.0 Å². The SMILES string of the molecule is CCCn1cccc1CNC1CCCCC1CC. The molecule has 0 aromatic carbocycles. The van der Waals surface area contributed by atoms with E-state index in [1.54, 1.807) is 0 Å². The third-order valence-corrected chi connectivity index (χ3v) is 4.37. The van der Waals surface area contributed by atoms with Gasteiger partial charge in [0.25, 0.3) is 0 Å². The van der Waals surface area contributed by atoms with Crippen LogP contribution in [0.4, 0.5) is 0 Å². The van der Waals surface area contributed by atoms with Crippen LogP contribution >= 0.6 is 0 Å². The summed E-state index contributed by atoms with van der Waals surface area (Å²) >= 11 is 0. The topological polar surface area (TPSA) is 17.0 Å². The summed E-state index contributed by atoms with van der Waals surface area (Å²) in [5, 5.41) is 3.80. The fraction of sp³-hybridized carbons (Fsp3) is 0.750. The van der Waals surface area contributed by atoms with Gasteiger partial charge in [-0.15, -0.1) is 0 Å². The van der Waals surface area contributed by atoms with Gasteiger partial charge < -0.3 is 9.88 Å². The van der Waals surface area contributed by atoms with Crippen molar-refractivity contribution in [3.63, 3.8) is 0 Å². The highest BCUT2D eigenvalue weighted by atomic mass is 15.0. The highest BCUT2D eigenvalue weighted by Gasteiger charge is 2.22. The molecule has 2 atom stereocenters. The molecule has 1 aromatic rings. The number of nitrogens with one attached hydrogen (secondary N) is 1. The Morgan fingerprint density at radius 2 is 2.11 bits per heavy atom. The summed E-state index contributed by atoms with van der Waals surface area (Å²) in [5.74, 6) is 0.897. The lowest BCUT2D eigenvalue weighted by molar-refractivity contribution is 0.253. The van der Waals surface area contributed by atoms with E-state index < -0.39 is 0 Å². The minimum absolute atomic E-state index is 0.744. The van der Waals surface area contributed by atoms with Gasteiger partial charge in [-0.1, -0.05) is 33.1 Å². The first-order valence-corrected chi connectivity index (χ1v) is 7.72. The fourth-order valence-corrected chi connectivity index (χ4v) is 3.27. The van der Waals surface area contributed by atoms with E-state index in [1.165, 1.54) is 44.2 Å². The van der Waals surface area contributed by atoms with Crippen LogP contribution in [0.15, 0.2) is 18.3 Å². The zero-order valence-electron chi connectivity index (χ0n) is 12.0. The summed E-state index contributed by atoms with van der Waals surface area (Å²) < 4.78 is 2.39. The molecule has 1 fully saturated rings. The molecule has 0 aliphatic heterocycles. The van der Waals surface area contributed by atoms with E-state index in [4.69, 9.17) is 0 Å². The number of nitrogens with zero attached hydrogens (tertiary/aromatic N) is 1. The highest BCUT2D eigenvalue weighted by Crippen LogP contribution is 2.27. The van der Waals surface area contributed by atoms with Crippen molar-refractivity contribution in [3.8, 4) is 0 Å². The van der Waals surface area contributed by atoms with Crippen molar-refractivity contribution in [2.75, 3.05) is 0 Å². The Balaban J connectivity index is 1.87. The Morgan fingerprint density at radius 1 is 1.28 bits per heavy atom. The molecular weight excluding hydrogens is 220 g/mol. The Bertz CT molecular complexity index is 343. The maximum absolute atomic E-state index is 3.80. The maximum atomic E-state index is 3.80. The number of aromatic nitrogens is 1. The number of aryl methyl sites for hydroxylation is 1. The zero-order valence-corrected chi connectivity index (χ0v) is 12.0. The molecule has 1 aliphatic carbocycles. The summed E-state index contributed by atoms with van der Waals surface area (Å²) in [7, 11) is 0. The molecule has 1 aromatic heterocycles. The first-order chi connectivity index (χ1) is 8.85. The molecule has 18 heavy (non-hydrogen) atoms. The van der Waals surface area contributed by atoms with E-state index >= 15 is 0 Å². The van der Waals surface area contributed by atoms with Crippen LogP contribution in [-0.2, 0) is 13.1 Å². The van der Waals surface area contributed by atoms with E-state index in [-0.39, 0.29) is 0 Å². The predicted octanol–water partition coefficient (Wildman–Crippen LogP) is 3.96. The van der Waals surface area contributed by atoms with Crippen LogP contribution in [0.1, 0.15) is 58.1 Å². The summed E-state index contributed by atoms with van der Waals surface area (Å²) in [6.45, 7) is 6.76. The van der Waals surface area contributed by atoms with E-state index in [2.05, 4.69) is 42.1 Å². The lowest BCUT2D eigenvalue weighted by Gasteiger charge is -2.31. The minimum Gasteiger partial charge on any atom is -0.350 e. The lowest BCUT2D eigenvalue weighted by atomic mass is 9.83. The average molecular weight is 248 g/mol. The highest BCUT2D eigenvalue weighted by molar-refractivity contribution is 5.07. The van der Waals surface area contributed by atoms with Crippen molar-refractivity contribution in [1.29, 1.82) is 0 Å². The van der Waals surface area contributed by atoms with Gasteiger partial charge in [-0.25, -0.2) is 0 Å². The fourth-order valence-electron chi connectivity index (χ4n) is 3.27. The maximum Gasteiger partial charge on any atom is 0.0361 e. The second kappa shape index (κ2) is 6.98. The summed E-state index contributed by atoms with van der Waals surface area (Å²) in [6.07, 6.45) is 10.4. The van der Waals surface area contributed by atoms with Gasteiger partial charge in [0, 0.05) is 31.0 Å². The molecule has 0 spiro atoms. The largest absolute Gasteiger partial charge is 0.350 e. The van der Waals surface area contributed by atoms with Crippen LogP contribution in [0.3, 0.4) is 0 Å².